The molecule has 0 saturated carbocycles. The van der Waals surface area contributed by atoms with Gasteiger partial charge in [0.2, 0.25) is 0 Å². The fourth-order valence-corrected chi connectivity index (χ4v) is 7.19. The van der Waals surface area contributed by atoms with Crippen LogP contribution in [0.15, 0.2) is 63.4 Å². The minimum absolute atomic E-state index is 0.0637. The molecule has 0 atom stereocenters. The van der Waals surface area contributed by atoms with E-state index in [2.05, 4.69) is 60.8 Å². The van der Waals surface area contributed by atoms with Crippen molar-refractivity contribution in [1.29, 1.82) is 0 Å². The molecule has 1 heterocycles. The number of anilines is 1. The number of halogens is 2. The van der Waals surface area contributed by atoms with Crippen LogP contribution in [0.4, 0.5) is 5.69 Å². The summed E-state index contributed by atoms with van der Waals surface area (Å²) in [6.45, 7) is 12.9. The zero-order valence-corrected chi connectivity index (χ0v) is 27.5. The Morgan fingerprint density at radius 3 is 2.12 bits per heavy atom. The number of rotatable bonds is 6. The van der Waals surface area contributed by atoms with Gasteiger partial charge in [-0.15, -0.1) is 0 Å². The van der Waals surface area contributed by atoms with Crippen LogP contribution in [0.2, 0.25) is 5.02 Å². The number of allylic oxidation sites excluding steroid dienone is 4. The Hall–Kier alpha value is -2.90. The lowest BCUT2D eigenvalue weighted by Crippen LogP contribution is -2.44. The first-order chi connectivity index (χ1) is 19.7. The monoisotopic (exact) mass is 652 g/mol. The smallest absolute Gasteiger partial charge is 0.262 e. The van der Waals surface area contributed by atoms with E-state index >= 15 is 0 Å². The largest absolute Gasteiger partial charge is 0.483 e. The van der Waals surface area contributed by atoms with Crippen molar-refractivity contribution in [3.05, 3.63) is 79.6 Å². The third-order valence-electron chi connectivity index (χ3n) is 8.44. The van der Waals surface area contributed by atoms with E-state index in [1.807, 2.05) is 25.1 Å². The van der Waals surface area contributed by atoms with E-state index in [1.54, 1.807) is 18.2 Å². The number of ketones is 2. The number of carbonyl (C=O) groups is 3. The first-order valence-corrected chi connectivity index (χ1v) is 15.6. The number of nitrogens with one attached hydrogen (secondary N) is 1. The van der Waals surface area contributed by atoms with Crippen molar-refractivity contribution in [1.82, 2.24) is 4.90 Å². The maximum absolute atomic E-state index is 14.0. The first kappa shape index (κ1) is 30.6. The summed E-state index contributed by atoms with van der Waals surface area (Å²) in [7, 11) is 0. The average molecular weight is 654 g/mol. The second-order valence-corrected chi connectivity index (χ2v) is 14.6. The molecule has 0 spiro atoms. The Morgan fingerprint density at radius 1 is 0.976 bits per heavy atom. The van der Waals surface area contributed by atoms with Crippen molar-refractivity contribution in [3.63, 3.8) is 0 Å². The number of nitrogens with zero attached hydrogens (tertiary/aromatic N) is 1. The number of carbonyl (C=O) groups excluding carboxylic acids is 3. The molecule has 0 aromatic heterocycles. The topological polar surface area (TPSA) is 75.7 Å². The highest BCUT2D eigenvalue weighted by Crippen LogP contribution is 2.55. The number of hydrogen-bond donors (Lipinski definition) is 1. The van der Waals surface area contributed by atoms with Crippen molar-refractivity contribution in [2.45, 2.75) is 73.1 Å². The highest BCUT2D eigenvalue weighted by molar-refractivity contribution is 9.10. The molecular weight excluding hydrogens is 616 g/mol. The standard InChI is InChI=1S/C34H38BrClN2O4/c1-7-38-24-14-33(3,4)16-26(39)31(24)30(32-25(38)15-34(5,6)17-27(32)40)22-12-20(35)9-11-28(22)42-18-29(41)37-21-10-8-19(2)23(36)13-21/h8-13,30H,7,14-18H2,1-6H3,(H,37,41). The number of amides is 1. The molecule has 6 nitrogen and oxygen atoms in total. The van der Waals surface area contributed by atoms with E-state index in [1.165, 1.54) is 0 Å². The molecule has 2 aromatic rings. The van der Waals surface area contributed by atoms with Crippen LogP contribution in [0.25, 0.3) is 0 Å². The van der Waals surface area contributed by atoms with Gasteiger partial charge < -0.3 is 15.0 Å². The van der Waals surface area contributed by atoms with Crippen LogP contribution < -0.4 is 10.1 Å². The average Bonchev–Trinajstić information content (AvgIpc) is 2.87. The molecule has 0 saturated heterocycles. The summed E-state index contributed by atoms with van der Waals surface area (Å²) in [4.78, 5) is 43.1. The zero-order chi connectivity index (χ0) is 30.6. The first-order valence-electron chi connectivity index (χ1n) is 14.5. The van der Waals surface area contributed by atoms with Gasteiger partial charge in [-0.3, -0.25) is 14.4 Å². The predicted octanol–water partition coefficient (Wildman–Crippen LogP) is 8.13. The van der Waals surface area contributed by atoms with Crippen LogP contribution in [0.3, 0.4) is 0 Å². The van der Waals surface area contributed by atoms with E-state index in [4.69, 9.17) is 16.3 Å². The summed E-state index contributed by atoms with van der Waals surface area (Å²) in [5, 5.41) is 3.40. The molecule has 0 fully saturated rings. The number of ether oxygens (including phenoxy) is 1. The van der Waals surface area contributed by atoms with Gasteiger partial charge in [0.15, 0.2) is 18.2 Å². The quantitative estimate of drug-likeness (QED) is 0.341. The van der Waals surface area contributed by atoms with Crippen LogP contribution in [-0.4, -0.2) is 35.5 Å². The van der Waals surface area contributed by atoms with Gasteiger partial charge in [0, 0.05) is 68.6 Å². The van der Waals surface area contributed by atoms with Crippen LogP contribution >= 0.6 is 27.5 Å². The summed E-state index contributed by atoms with van der Waals surface area (Å²) < 4.78 is 6.95. The third-order valence-corrected chi connectivity index (χ3v) is 9.34. The Labute approximate surface area is 261 Å². The number of benzene rings is 2. The van der Waals surface area contributed by atoms with Gasteiger partial charge in [-0.05, 0) is 73.4 Å². The maximum Gasteiger partial charge on any atom is 0.262 e. The van der Waals surface area contributed by atoms with Gasteiger partial charge in [-0.2, -0.15) is 0 Å². The van der Waals surface area contributed by atoms with Gasteiger partial charge in [-0.1, -0.05) is 61.3 Å². The fourth-order valence-electron chi connectivity index (χ4n) is 6.63. The maximum atomic E-state index is 14.0. The van der Waals surface area contributed by atoms with Crippen LogP contribution in [0.5, 0.6) is 5.75 Å². The minimum Gasteiger partial charge on any atom is -0.483 e. The van der Waals surface area contributed by atoms with Crippen molar-refractivity contribution in [2.75, 3.05) is 18.5 Å². The Bertz CT molecular complexity index is 1500. The molecule has 8 heteroatoms. The fraction of sp³-hybridized carbons (Fsp3) is 0.441. The molecule has 1 amide bonds. The highest BCUT2D eigenvalue weighted by atomic mass is 79.9. The summed E-state index contributed by atoms with van der Waals surface area (Å²) in [5.41, 5.74) is 5.23. The third kappa shape index (κ3) is 5.96. The van der Waals surface area contributed by atoms with Gasteiger partial charge in [0.05, 0.1) is 0 Å². The SMILES string of the molecule is CCN1C2=C(C(=O)CC(C)(C)C2)C(c2cc(Br)ccc2OCC(=O)Nc2ccc(C)c(Cl)c2)C2=C1CC(C)(C)CC2=O. The van der Waals surface area contributed by atoms with Crippen molar-refractivity contribution in [2.24, 2.45) is 10.8 Å². The summed E-state index contributed by atoms with van der Waals surface area (Å²) in [6, 6.07) is 10.9. The van der Waals surface area contributed by atoms with Crippen LogP contribution in [0.1, 0.15) is 77.3 Å². The van der Waals surface area contributed by atoms with Gasteiger partial charge in [0.25, 0.3) is 5.91 Å². The molecule has 1 N–H and O–H groups in total. The predicted molar refractivity (Wildman–Crippen MR) is 170 cm³/mol. The number of Topliss-reactive ketones (excluding diaryl/α,β-unsaturated/α-hetero) is 2. The molecule has 0 bridgehead atoms. The molecule has 0 radical (unpaired) electrons. The Kier molecular flexibility index (Phi) is 8.23. The molecule has 3 aliphatic rings. The molecule has 222 valence electrons. The molecule has 2 aliphatic carbocycles. The Balaban J connectivity index is 1.57. The van der Waals surface area contributed by atoms with Crippen LogP contribution in [0, 0.1) is 17.8 Å². The highest BCUT2D eigenvalue weighted by Gasteiger charge is 2.49. The van der Waals surface area contributed by atoms with Crippen LogP contribution in [-0.2, 0) is 14.4 Å². The van der Waals surface area contributed by atoms with E-state index in [0.717, 1.165) is 34.3 Å². The Morgan fingerprint density at radius 2 is 1.57 bits per heavy atom. The lowest BCUT2D eigenvalue weighted by molar-refractivity contribution is -0.120. The number of hydrogen-bond acceptors (Lipinski definition) is 5. The zero-order valence-electron chi connectivity index (χ0n) is 25.1. The summed E-state index contributed by atoms with van der Waals surface area (Å²) in [6.07, 6.45) is 2.31. The molecule has 5 rings (SSSR count). The molecule has 1 aliphatic heterocycles. The lowest BCUT2D eigenvalue weighted by Gasteiger charge is -2.49. The second kappa shape index (κ2) is 11.3. The summed E-state index contributed by atoms with van der Waals surface area (Å²) in [5.74, 6) is -0.298. The van der Waals surface area contributed by atoms with Crippen molar-refractivity contribution in [3.8, 4) is 5.75 Å². The summed E-state index contributed by atoms with van der Waals surface area (Å²) >= 11 is 9.84. The van der Waals surface area contributed by atoms with E-state index in [9.17, 15) is 14.4 Å². The lowest BCUT2D eigenvalue weighted by atomic mass is 9.63. The van der Waals surface area contributed by atoms with Gasteiger partial charge >= 0.3 is 0 Å². The van der Waals surface area contributed by atoms with Crippen molar-refractivity contribution >= 4 is 50.7 Å². The van der Waals surface area contributed by atoms with E-state index in [-0.39, 0.29) is 34.9 Å². The molecule has 42 heavy (non-hydrogen) atoms. The van der Waals surface area contributed by atoms with E-state index in [0.29, 0.717) is 52.6 Å². The molecule has 2 aromatic carbocycles. The minimum atomic E-state index is -0.559. The number of aryl methyl sites for hydroxylation is 1. The second-order valence-electron chi connectivity index (χ2n) is 13.3. The molecule has 0 unspecified atom stereocenters. The normalized spacial score (nSPS) is 20.0. The van der Waals surface area contributed by atoms with Crippen molar-refractivity contribution < 1.29 is 19.1 Å². The van der Waals surface area contributed by atoms with Gasteiger partial charge in [-0.25, -0.2) is 0 Å². The van der Waals surface area contributed by atoms with Gasteiger partial charge in [0.1, 0.15) is 5.75 Å². The molecular formula is C34H38BrClN2O4. The van der Waals surface area contributed by atoms with E-state index < -0.39 is 5.92 Å².